The largest absolute Gasteiger partial charge is 0.481 e. The maximum absolute atomic E-state index is 12.3. The fraction of sp³-hybridized carbons (Fsp3) is 0.545. The third-order valence-corrected chi connectivity index (χ3v) is 14.0. The predicted octanol–water partition coefficient (Wildman–Crippen LogP) is 5.36. The van der Waals surface area contributed by atoms with Gasteiger partial charge in [0.2, 0.25) is 5.69 Å². The fourth-order valence-corrected chi connectivity index (χ4v) is 9.75. The minimum Gasteiger partial charge on any atom is -0.481 e. The summed E-state index contributed by atoms with van der Waals surface area (Å²) in [7, 11) is -10.3. The van der Waals surface area contributed by atoms with E-state index in [1.54, 1.807) is 38.5 Å². The molecule has 4 N–H and O–H groups in total. The topological polar surface area (TPSA) is 253 Å². The molecule has 0 saturated carbocycles. The Morgan fingerprint density at radius 3 is 1.89 bits per heavy atom. The average Bonchev–Trinajstić information content (AvgIpc) is 3.60. The number of carboxylic acid groups (broad SMARTS) is 1. The molecular weight excluding hydrogens is 909 g/mol. The van der Waals surface area contributed by atoms with Gasteiger partial charge in [-0.3, -0.25) is 18.5 Å². The lowest BCUT2D eigenvalue weighted by Crippen LogP contribution is -2.32. The second-order valence-corrected chi connectivity index (χ2v) is 20.5. The smallest absolute Gasteiger partial charge is 0.303 e. The molecule has 0 aliphatic carbocycles. The summed E-state index contributed by atoms with van der Waals surface area (Å²) in [4.78, 5) is 12.6. The van der Waals surface area contributed by atoms with Crippen LogP contribution in [-0.2, 0) is 69.7 Å². The Morgan fingerprint density at radius 1 is 0.692 bits per heavy atom. The highest BCUT2D eigenvalue weighted by atomic mass is 32.2. The highest BCUT2D eigenvalue weighted by Crippen LogP contribution is 2.51. The second kappa shape index (κ2) is 24.2. The van der Waals surface area contributed by atoms with Gasteiger partial charge in [0.1, 0.15) is 6.54 Å². The molecular formula is C44H63N2O16S3+. The third-order valence-electron chi connectivity index (χ3n) is 11.5. The van der Waals surface area contributed by atoms with Gasteiger partial charge in [-0.15, -0.1) is 0 Å². The molecule has 2 aromatic rings. The molecule has 0 fully saturated rings. The van der Waals surface area contributed by atoms with Crippen LogP contribution in [0.3, 0.4) is 0 Å². The summed E-state index contributed by atoms with van der Waals surface area (Å²) in [5, 5.41) is 9.16. The molecule has 21 heteroatoms. The number of methoxy groups -OCH3 is 2. The molecule has 18 nitrogen and oxygen atoms in total. The third kappa shape index (κ3) is 15.1. The van der Waals surface area contributed by atoms with Crippen molar-refractivity contribution < 1.29 is 77.1 Å². The summed E-state index contributed by atoms with van der Waals surface area (Å²) in [6.45, 7) is 7.63. The number of ether oxygens (including phenoxy) is 5. The molecule has 0 saturated heterocycles. The first-order chi connectivity index (χ1) is 30.7. The molecule has 0 amide bonds. The van der Waals surface area contributed by atoms with Crippen LogP contribution in [0.1, 0.15) is 69.9 Å². The molecule has 0 aromatic heterocycles. The number of hydrogen-bond acceptors (Lipinski definition) is 13. The first-order valence-corrected chi connectivity index (χ1v) is 25.8. The minimum atomic E-state index is -4.61. The van der Waals surface area contributed by atoms with Crippen molar-refractivity contribution in [3.8, 4) is 0 Å². The number of benzene rings is 2. The van der Waals surface area contributed by atoms with Crippen molar-refractivity contribution in [1.29, 1.82) is 0 Å². The van der Waals surface area contributed by atoms with Gasteiger partial charge in [0, 0.05) is 74.7 Å². The van der Waals surface area contributed by atoms with Crippen LogP contribution in [-0.4, -0.2) is 146 Å². The zero-order valence-corrected chi connectivity index (χ0v) is 39.8. The Labute approximate surface area is 382 Å². The van der Waals surface area contributed by atoms with E-state index in [1.807, 2.05) is 41.6 Å². The number of carbonyl (C=O) groups is 1. The average molecular weight is 972 g/mol. The van der Waals surface area contributed by atoms with E-state index >= 15 is 0 Å². The van der Waals surface area contributed by atoms with E-state index in [4.69, 9.17) is 28.8 Å². The van der Waals surface area contributed by atoms with E-state index in [1.165, 1.54) is 24.3 Å². The van der Waals surface area contributed by atoms with Gasteiger partial charge in [0.25, 0.3) is 30.4 Å². The highest BCUT2D eigenvalue weighted by Gasteiger charge is 2.48. The quantitative estimate of drug-likeness (QED) is 0.0333. The van der Waals surface area contributed by atoms with Crippen LogP contribution in [0, 0.1) is 0 Å². The maximum atomic E-state index is 12.3. The Bertz CT molecular complexity index is 2420. The number of fused-ring (bicyclic) bond motifs is 2. The number of rotatable bonds is 30. The van der Waals surface area contributed by atoms with Gasteiger partial charge < -0.3 is 33.7 Å². The molecule has 0 radical (unpaired) electrons. The SMILES string of the molecule is COCCOCCOCCOCCC1(C)C(=CC=CC=CC2=[N+](CCCCCC(=O)O)c3ccc(S(=O)(=O)O)cc3C2(C)CCCS(=O)(=O)O)N(CCOC)c2ccc(S(=O)(=O)O)cc21. The Hall–Kier alpha value is -3.87. The summed E-state index contributed by atoms with van der Waals surface area (Å²) >= 11 is 0. The molecule has 2 unspecified atom stereocenters. The van der Waals surface area contributed by atoms with Crippen molar-refractivity contribution in [3.63, 3.8) is 0 Å². The summed E-state index contributed by atoms with van der Waals surface area (Å²) in [5.74, 6) is -1.44. The van der Waals surface area contributed by atoms with Crippen LogP contribution in [0.25, 0.3) is 0 Å². The van der Waals surface area contributed by atoms with E-state index in [-0.39, 0.29) is 35.7 Å². The molecule has 2 heterocycles. The lowest BCUT2D eigenvalue weighted by molar-refractivity contribution is -0.438. The number of hydrogen-bond donors (Lipinski definition) is 4. The summed E-state index contributed by atoms with van der Waals surface area (Å²) in [5.41, 5.74) is 2.22. The summed E-state index contributed by atoms with van der Waals surface area (Å²) < 4.78 is 132. The molecule has 362 valence electrons. The second-order valence-electron chi connectivity index (χ2n) is 16.1. The van der Waals surface area contributed by atoms with Crippen molar-refractivity contribution in [2.75, 3.05) is 90.8 Å². The van der Waals surface area contributed by atoms with Crippen LogP contribution in [0.2, 0.25) is 0 Å². The van der Waals surface area contributed by atoms with Gasteiger partial charge in [0.05, 0.1) is 67.2 Å². The van der Waals surface area contributed by atoms with Crippen molar-refractivity contribution >= 4 is 53.4 Å². The zero-order valence-electron chi connectivity index (χ0n) is 37.4. The Morgan fingerprint density at radius 2 is 1.29 bits per heavy atom. The number of unbranched alkanes of at least 4 members (excludes halogenated alkanes) is 2. The first kappa shape index (κ1) is 53.7. The number of carboxylic acids is 1. The minimum absolute atomic E-state index is 0.00164. The Kier molecular flexibility index (Phi) is 20.0. The lowest BCUT2D eigenvalue weighted by atomic mass is 9.76. The molecule has 65 heavy (non-hydrogen) atoms. The predicted molar refractivity (Wildman–Crippen MR) is 243 cm³/mol. The summed E-state index contributed by atoms with van der Waals surface area (Å²) in [6, 6.07) is 8.72. The summed E-state index contributed by atoms with van der Waals surface area (Å²) in [6.07, 6.45) is 11.3. The number of anilines is 1. The fourth-order valence-electron chi connectivity index (χ4n) is 8.22. The van der Waals surface area contributed by atoms with Gasteiger partial charge in [-0.1, -0.05) is 18.2 Å². The van der Waals surface area contributed by atoms with Crippen LogP contribution >= 0.6 is 0 Å². The normalized spacial score (nSPS) is 19.6. The molecule has 2 aliphatic heterocycles. The first-order valence-electron chi connectivity index (χ1n) is 21.3. The van der Waals surface area contributed by atoms with Crippen LogP contribution in [0.15, 0.2) is 82.3 Å². The van der Waals surface area contributed by atoms with Gasteiger partial charge >= 0.3 is 5.97 Å². The van der Waals surface area contributed by atoms with Crippen molar-refractivity contribution in [1.82, 2.24) is 0 Å². The molecule has 2 aliphatic rings. The van der Waals surface area contributed by atoms with E-state index in [2.05, 4.69) is 0 Å². The van der Waals surface area contributed by atoms with Gasteiger partial charge in [-0.25, -0.2) is 0 Å². The van der Waals surface area contributed by atoms with Gasteiger partial charge in [-0.2, -0.15) is 29.8 Å². The van der Waals surface area contributed by atoms with Crippen LogP contribution in [0.5, 0.6) is 0 Å². The maximum Gasteiger partial charge on any atom is 0.303 e. The number of allylic oxidation sites excluding steroid dienone is 6. The van der Waals surface area contributed by atoms with Crippen LogP contribution < -0.4 is 4.90 Å². The molecule has 4 rings (SSSR count). The Balaban J connectivity index is 1.71. The van der Waals surface area contributed by atoms with E-state index < -0.39 is 52.9 Å². The highest BCUT2D eigenvalue weighted by molar-refractivity contribution is 7.86. The van der Waals surface area contributed by atoms with Gasteiger partial charge in [0.15, 0.2) is 5.71 Å². The number of nitrogens with zero attached hydrogens (tertiary/aromatic N) is 2. The van der Waals surface area contributed by atoms with E-state index in [0.29, 0.717) is 108 Å². The molecule has 0 bridgehead atoms. The molecule has 0 spiro atoms. The molecule has 2 atom stereocenters. The van der Waals surface area contributed by atoms with Gasteiger partial charge in [-0.05, 0) is 87.9 Å². The molecule has 2 aromatic carbocycles. The zero-order chi connectivity index (χ0) is 47.9. The monoisotopic (exact) mass is 971 g/mol. The van der Waals surface area contributed by atoms with Crippen molar-refractivity contribution in [2.24, 2.45) is 0 Å². The number of aliphatic carboxylic acids is 1. The van der Waals surface area contributed by atoms with Crippen molar-refractivity contribution in [2.45, 2.75) is 79.4 Å². The van der Waals surface area contributed by atoms with E-state index in [0.717, 1.165) is 11.4 Å². The van der Waals surface area contributed by atoms with Crippen molar-refractivity contribution in [3.05, 3.63) is 83.6 Å². The van der Waals surface area contributed by atoms with E-state index in [9.17, 15) is 43.7 Å². The lowest BCUT2D eigenvalue weighted by Gasteiger charge is -2.30. The van der Waals surface area contributed by atoms with Crippen LogP contribution in [0.4, 0.5) is 11.4 Å². The standard InChI is InChI=1S/C44H62N2O16S3/c1-43(19-11-31-63(49,50)51)36-32-34(64(52,53)54)15-17-38(36)45(21-10-6-9-14-42(47)48)40(43)12-7-5-8-13-41-44(2,20-23-60-27-28-62-30-29-61-26-25-59-4)37-33-35(65(55,56)57)16-18-39(37)46(41)22-24-58-3/h5,7-8,12-13,15-18,32-33H,6,9-11,14,19-31H2,1-4H3,(H3-,47,48,49,50,51,52,53,54,55,56,57)/p+1.